The van der Waals surface area contributed by atoms with Gasteiger partial charge < -0.3 is 5.11 Å². The van der Waals surface area contributed by atoms with Gasteiger partial charge in [-0.25, -0.2) is 4.39 Å². The normalized spacial score (nSPS) is 15.0. The first kappa shape index (κ1) is 15.6. The van der Waals surface area contributed by atoms with Gasteiger partial charge in [0.2, 0.25) is 0 Å². The van der Waals surface area contributed by atoms with E-state index in [9.17, 15) is 19.1 Å². The van der Waals surface area contributed by atoms with Gasteiger partial charge in [-0.2, -0.15) is 0 Å². The van der Waals surface area contributed by atoms with Crippen LogP contribution in [0.15, 0.2) is 36.4 Å². The molecule has 1 atom stereocenters. The molecule has 1 N–H and O–H groups in total. The molecule has 1 unspecified atom stereocenters. The van der Waals surface area contributed by atoms with Crippen molar-refractivity contribution >= 4 is 23.4 Å². The van der Waals surface area contributed by atoms with Crippen LogP contribution < -0.4 is 0 Å². The van der Waals surface area contributed by atoms with Gasteiger partial charge in [-0.15, -0.1) is 0 Å². The molecule has 2 aromatic carbocycles. The number of aliphatic hydroxyl groups excluding tert-OH is 1. The largest absolute Gasteiger partial charge is 0.392 e. The SMILES string of the molecule is CC(c1cc(F)cc(Cl)c1CO)N1C(=O)c2ccccc2C1=O. The van der Waals surface area contributed by atoms with E-state index in [1.165, 1.54) is 6.07 Å². The average molecular weight is 334 g/mol. The number of hydrogen-bond donors (Lipinski definition) is 1. The number of carbonyl (C=O) groups is 2. The molecule has 0 fully saturated rings. The van der Waals surface area contributed by atoms with Crippen molar-refractivity contribution in [2.24, 2.45) is 0 Å². The van der Waals surface area contributed by atoms with E-state index in [4.69, 9.17) is 11.6 Å². The molecule has 23 heavy (non-hydrogen) atoms. The van der Waals surface area contributed by atoms with Crippen LogP contribution in [-0.4, -0.2) is 21.8 Å². The number of nitrogens with zero attached hydrogens (tertiary/aromatic N) is 1. The van der Waals surface area contributed by atoms with Crippen LogP contribution in [0, 0.1) is 5.82 Å². The van der Waals surface area contributed by atoms with Crippen molar-refractivity contribution in [1.82, 2.24) is 4.90 Å². The highest BCUT2D eigenvalue weighted by atomic mass is 35.5. The zero-order valence-corrected chi connectivity index (χ0v) is 13.0. The predicted octanol–water partition coefficient (Wildman–Crippen LogP) is 3.33. The summed E-state index contributed by atoms with van der Waals surface area (Å²) in [4.78, 5) is 26.1. The predicted molar refractivity (Wildman–Crippen MR) is 82.7 cm³/mol. The van der Waals surface area contributed by atoms with E-state index in [2.05, 4.69) is 0 Å². The highest BCUT2D eigenvalue weighted by molar-refractivity contribution is 6.31. The average Bonchev–Trinajstić information content (AvgIpc) is 2.78. The van der Waals surface area contributed by atoms with Gasteiger partial charge in [0.25, 0.3) is 11.8 Å². The van der Waals surface area contributed by atoms with Crippen LogP contribution in [0.25, 0.3) is 0 Å². The molecule has 3 rings (SSSR count). The minimum atomic E-state index is -0.752. The van der Waals surface area contributed by atoms with Crippen molar-refractivity contribution in [3.63, 3.8) is 0 Å². The maximum atomic E-state index is 13.7. The van der Waals surface area contributed by atoms with Gasteiger partial charge >= 0.3 is 0 Å². The molecule has 118 valence electrons. The lowest BCUT2D eigenvalue weighted by atomic mass is 10.00. The summed E-state index contributed by atoms with van der Waals surface area (Å²) in [5, 5.41) is 9.55. The number of imide groups is 1. The van der Waals surface area contributed by atoms with Crippen molar-refractivity contribution in [3.05, 3.63) is 69.5 Å². The fraction of sp³-hybridized carbons (Fsp3) is 0.176. The summed E-state index contributed by atoms with van der Waals surface area (Å²) in [5.41, 5.74) is 1.25. The number of rotatable bonds is 3. The molecular weight excluding hydrogens is 321 g/mol. The van der Waals surface area contributed by atoms with E-state index in [0.29, 0.717) is 22.3 Å². The third-order valence-corrected chi connectivity index (χ3v) is 4.35. The fourth-order valence-corrected chi connectivity index (χ4v) is 3.13. The van der Waals surface area contributed by atoms with Gasteiger partial charge in [0, 0.05) is 10.6 Å². The molecule has 1 aliphatic rings. The number of amides is 2. The van der Waals surface area contributed by atoms with Crippen LogP contribution in [0.4, 0.5) is 4.39 Å². The third kappa shape index (κ3) is 2.42. The van der Waals surface area contributed by atoms with Crippen molar-refractivity contribution in [3.8, 4) is 0 Å². The van der Waals surface area contributed by atoms with E-state index in [1.807, 2.05) is 0 Å². The summed E-state index contributed by atoms with van der Waals surface area (Å²) in [6, 6.07) is 8.03. The first-order valence-corrected chi connectivity index (χ1v) is 7.39. The van der Waals surface area contributed by atoms with Crippen LogP contribution in [0.1, 0.15) is 44.8 Å². The maximum absolute atomic E-state index is 13.7. The number of hydrogen-bond acceptors (Lipinski definition) is 3. The van der Waals surface area contributed by atoms with Gasteiger partial charge in [0.1, 0.15) is 5.82 Å². The summed E-state index contributed by atoms with van der Waals surface area (Å²) >= 11 is 5.96. The molecule has 4 nitrogen and oxygen atoms in total. The second-order valence-corrected chi connectivity index (χ2v) is 5.72. The second kappa shape index (κ2) is 5.76. The maximum Gasteiger partial charge on any atom is 0.262 e. The summed E-state index contributed by atoms with van der Waals surface area (Å²) in [6.07, 6.45) is 0. The van der Waals surface area contributed by atoms with Gasteiger partial charge in [-0.3, -0.25) is 14.5 Å². The minimum Gasteiger partial charge on any atom is -0.392 e. The second-order valence-electron chi connectivity index (χ2n) is 5.32. The molecule has 0 radical (unpaired) electrons. The molecule has 2 aromatic rings. The Labute approximate surface area is 137 Å². The Kier molecular flexibility index (Phi) is 3.92. The Bertz CT molecular complexity index is 786. The lowest BCUT2D eigenvalue weighted by Crippen LogP contribution is -2.33. The minimum absolute atomic E-state index is 0.0611. The van der Waals surface area contributed by atoms with Crippen LogP contribution >= 0.6 is 11.6 Å². The molecule has 0 aromatic heterocycles. The zero-order chi connectivity index (χ0) is 16.7. The highest BCUT2D eigenvalue weighted by Gasteiger charge is 2.39. The number of benzene rings is 2. The third-order valence-electron chi connectivity index (χ3n) is 4.02. The Balaban J connectivity index is 2.08. The van der Waals surface area contributed by atoms with Gasteiger partial charge in [0.15, 0.2) is 0 Å². The van der Waals surface area contributed by atoms with Gasteiger partial charge in [0.05, 0.1) is 23.8 Å². The molecule has 0 saturated heterocycles. The number of fused-ring (bicyclic) bond motifs is 1. The van der Waals surface area contributed by atoms with Crippen molar-refractivity contribution < 1.29 is 19.1 Å². The fourth-order valence-electron chi connectivity index (χ4n) is 2.86. The molecule has 1 heterocycles. The number of carbonyl (C=O) groups excluding carboxylic acids is 2. The lowest BCUT2D eigenvalue weighted by molar-refractivity contribution is 0.0593. The summed E-state index contributed by atoms with van der Waals surface area (Å²) in [5.74, 6) is -1.48. The zero-order valence-electron chi connectivity index (χ0n) is 12.2. The van der Waals surface area contributed by atoms with Crippen LogP contribution in [0.3, 0.4) is 0 Å². The lowest BCUT2D eigenvalue weighted by Gasteiger charge is -2.25. The molecular formula is C17H13ClFNO3. The molecule has 2 amide bonds. The Morgan fingerprint density at radius 2 is 1.74 bits per heavy atom. The standard InChI is InChI=1S/C17H13ClFNO3/c1-9(13-6-10(19)7-15(18)14(13)8-21)20-16(22)11-4-2-3-5-12(11)17(20)23/h2-7,9,21H,8H2,1H3. The molecule has 6 heteroatoms. The Hall–Kier alpha value is -2.24. The van der Waals surface area contributed by atoms with Crippen molar-refractivity contribution in [2.75, 3.05) is 0 Å². The first-order chi connectivity index (χ1) is 11.0. The molecule has 0 aliphatic carbocycles. The Morgan fingerprint density at radius 1 is 1.17 bits per heavy atom. The number of aliphatic hydroxyl groups is 1. The van der Waals surface area contributed by atoms with E-state index in [1.54, 1.807) is 31.2 Å². The summed E-state index contributed by atoms with van der Waals surface area (Å²) in [7, 11) is 0. The monoisotopic (exact) mass is 333 g/mol. The van der Waals surface area contributed by atoms with Gasteiger partial charge in [-0.05, 0) is 36.8 Å². The van der Waals surface area contributed by atoms with E-state index < -0.39 is 30.3 Å². The van der Waals surface area contributed by atoms with E-state index in [0.717, 1.165) is 11.0 Å². The van der Waals surface area contributed by atoms with Crippen LogP contribution in [-0.2, 0) is 6.61 Å². The molecule has 0 spiro atoms. The smallest absolute Gasteiger partial charge is 0.262 e. The van der Waals surface area contributed by atoms with Gasteiger partial charge in [-0.1, -0.05) is 23.7 Å². The topological polar surface area (TPSA) is 57.6 Å². The van der Waals surface area contributed by atoms with E-state index in [-0.39, 0.29) is 5.02 Å². The highest BCUT2D eigenvalue weighted by Crippen LogP contribution is 2.35. The summed E-state index contributed by atoms with van der Waals surface area (Å²) < 4.78 is 13.7. The van der Waals surface area contributed by atoms with Crippen LogP contribution in [0.2, 0.25) is 5.02 Å². The number of halogens is 2. The van der Waals surface area contributed by atoms with Crippen molar-refractivity contribution in [2.45, 2.75) is 19.6 Å². The molecule has 0 bridgehead atoms. The van der Waals surface area contributed by atoms with E-state index >= 15 is 0 Å². The van der Waals surface area contributed by atoms with Crippen LogP contribution in [0.5, 0.6) is 0 Å². The quantitative estimate of drug-likeness (QED) is 0.876. The molecule has 0 saturated carbocycles. The van der Waals surface area contributed by atoms with Crippen molar-refractivity contribution in [1.29, 1.82) is 0 Å². The molecule has 1 aliphatic heterocycles. The summed E-state index contributed by atoms with van der Waals surface area (Å²) in [6.45, 7) is 1.19. The first-order valence-electron chi connectivity index (χ1n) is 7.01. The Morgan fingerprint density at radius 3 is 2.26 bits per heavy atom.